The lowest BCUT2D eigenvalue weighted by molar-refractivity contribution is -0.145. The number of hydrogen-bond donors (Lipinski definition) is 3. The molecule has 9 rings (SSSR count). The lowest BCUT2D eigenvalue weighted by Crippen LogP contribution is -2.60. The number of nitrogens with one attached hydrogen (secondary N) is 2. The molecular weight excluding hydrogens is 596 g/mol. The summed E-state index contributed by atoms with van der Waals surface area (Å²) < 4.78 is 6.33. The molecule has 10 nitrogen and oxygen atoms in total. The average molecular weight is 645 g/mol. The first-order valence-electron chi connectivity index (χ1n) is 17.9. The van der Waals surface area contributed by atoms with Crippen molar-refractivity contribution < 1.29 is 28.7 Å². The number of rotatable bonds is 10. The van der Waals surface area contributed by atoms with Gasteiger partial charge in [-0.1, -0.05) is 51.0 Å². The van der Waals surface area contributed by atoms with Crippen LogP contribution in [0.25, 0.3) is 0 Å². The number of hydrogen-bond acceptors (Lipinski definition) is 6. The Hall–Kier alpha value is -3.43. The third kappa shape index (κ3) is 5.53. The summed E-state index contributed by atoms with van der Waals surface area (Å²) in [5.74, 6) is -0.627. The monoisotopic (exact) mass is 644 g/mol. The van der Waals surface area contributed by atoms with Gasteiger partial charge in [-0.2, -0.15) is 0 Å². The fraction of sp³-hybridized carbons (Fsp3) is 0.703. The number of alkyl carbamates (subject to hydrolysis) is 1. The number of piperidine rings is 1. The van der Waals surface area contributed by atoms with Gasteiger partial charge in [0.25, 0.3) is 5.91 Å². The zero-order valence-electron chi connectivity index (χ0n) is 27.5. The molecule has 0 radical (unpaired) electrons. The van der Waals surface area contributed by atoms with Gasteiger partial charge in [0.1, 0.15) is 17.7 Å². The number of likely N-dealkylation sites (tertiary alicyclic amines) is 1. The van der Waals surface area contributed by atoms with Crippen molar-refractivity contribution in [3.8, 4) is 0 Å². The Kier molecular flexibility index (Phi) is 7.26. The van der Waals surface area contributed by atoms with E-state index in [0.717, 1.165) is 32.1 Å². The Labute approximate surface area is 276 Å². The topological polar surface area (TPSA) is 148 Å². The third-order valence-corrected chi connectivity index (χ3v) is 13.3. The van der Waals surface area contributed by atoms with Crippen molar-refractivity contribution in [2.24, 2.45) is 52.6 Å². The second-order valence-corrected chi connectivity index (χ2v) is 16.9. The number of carbonyl (C=O) groups is 5. The highest BCUT2D eigenvalue weighted by Crippen LogP contribution is 2.65. The predicted octanol–water partition coefficient (Wildman–Crippen LogP) is 3.29. The minimum absolute atomic E-state index is 0.0860. The maximum Gasteiger partial charge on any atom is 0.408 e. The summed E-state index contributed by atoms with van der Waals surface area (Å²) in [5.41, 5.74) is 7.09. The number of ketones is 1. The molecule has 1 heterocycles. The highest BCUT2D eigenvalue weighted by molar-refractivity contribution is 6.37. The summed E-state index contributed by atoms with van der Waals surface area (Å²) >= 11 is 0. The molecule has 10 heteroatoms. The number of ether oxygens (including phenoxy) is 1. The number of primary amides is 1. The summed E-state index contributed by atoms with van der Waals surface area (Å²) in [6, 6.07) is 5.46. The summed E-state index contributed by atoms with van der Waals surface area (Å²) in [4.78, 5) is 68.8. The van der Waals surface area contributed by atoms with Crippen LogP contribution in [0.15, 0.2) is 24.3 Å². The minimum Gasteiger partial charge on any atom is -0.443 e. The van der Waals surface area contributed by atoms with Crippen LogP contribution in [0.1, 0.15) is 82.8 Å². The van der Waals surface area contributed by atoms with E-state index < -0.39 is 47.4 Å². The number of nitrogens with zero attached hydrogens (tertiary/aromatic N) is 1. The number of amides is 4. The van der Waals surface area contributed by atoms with Gasteiger partial charge in [-0.05, 0) is 116 Å². The van der Waals surface area contributed by atoms with E-state index in [4.69, 9.17) is 10.5 Å². The van der Waals surface area contributed by atoms with Gasteiger partial charge in [-0.3, -0.25) is 19.2 Å². The molecule has 7 fully saturated rings. The van der Waals surface area contributed by atoms with Crippen LogP contribution in [0, 0.1) is 46.8 Å². The SMILES string of the molecule is CC1(C)C2CN(C(=O)[C@@H](NC(=O)OC34CC5CC(CC(C5)C3)C4)C3Cc4ccccc4C3)[C@H](C(=O)NC(CC3CC3)C(=O)C(N)=O)C21. The van der Waals surface area contributed by atoms with E-state index in [2.05, 4.69) is 36.6 Å². The maximum atomic E-state index is 14.7. The molecule has 4 bridgehead atoms. The van der Waals surface area contributed by atoms with Crippen molar-refractivity contribution in [1.82, 2.24) is 15.5 Å². The molecule has 1 aromatic rings. The van der Waals surface area contributed by atoms with Crippen LogP contribution in [0.3, 0.4) is 0 Å². The van der Waals surface area contributed by atoms with Crippen LogP contribution in [-0.2, 0) is 36.8 Å². The molecule has 0 aromatic heterocycles. The Morgan fingerprint density at radius 1 is 0.936 bits per heavy atom. The lowest BCUT2D eigenvalue weighted by Gasteiger charge is -2.55. The quantitative estimate of drug-likeness (QED) is 0.333. The van der Waals surface area contributed by atoms with Crippen molar-refractivity contribution in [3.05, 3.63) is 35.4 Å². The van der Waals surface area contributed by atoms with Gasteiger partial charge in [-0.25, -0.2) is 4.79 Å². The van der Waals surface area contributed by atoms with Gasteiger partial charge >= 0.3 is 6.09 Å². The molecule has 5 atom stereocenters. The van der Waals surface area contributed by atoms with E-state index in [-0.39, 0.29) is 35.0 Å². The normalized spacial score (nSPS) is 35.4. The molecule has 1 saturated heterocycles. The first kappa shape index (κ1) is 30.9. The maximum absolute atomic E-state index is 14.7. The average Bonchev–Trinajstić information content (AvgIpc) is 3.76. The molecular formula is C37H48N4O6. The molecule has 1 aromatic carbocycles. The zero-order valence-corrected chi connectivity index (χ0v) is 27.5. The van der Waals surface area contributed by atoms with E-state index in [1.807, 2.05) is 12.1 Å². The standard InChI is InChI=1S/C37H48N4O6/c1-36(2)26-18-41(30(28(26)36)33(44)39-27(12-19-7-8-19)31(42)32(38)43)34(45)29(25-13-23-5-3-4-6-24(23)14-25)40-35(46)47-37-15-20-9-21(16-37)11-22(10-20)17-37/h3-6,19-22,25-30H,7-18H2,1-2H3,(H2,38,43)(H,39,44)(H,40,46)/t20?,21?,22?,26?,27?,28?,29-,30-,37?/m0/s1. The summed E-state index contributed by atoms with van der Waals surface area (Å²) in [5, 5.41) is 5.91. The molecule has 0 spiro atoms. The molecule has 7 aliphatic carbocycles. The van der Waals surface area contributed by atoms with Crippen LogP contribution in [-0.4, -0.2) is 64.8 Å². The third-order valence-electron chi connectivity index (χ3n) is 13.3. The van der Waals surface area contributed by atoms with E-state index >= 15 is 0 Å². The Morgan fingerprint density at radius 3 is 2.09 bits per heavy atom. The molecule has 6 saturated carbocycles. The van der Waals surface area contributed by atoms with Crippen LogP contribution >= 0.6 is 0 Å². The molecule has 4 amide bonds. The fourth-order valence-corrected chi connectivity index (χ4v) is 11.1. The van der Waals surface area contributed by atoms with Crippen molar-refractivity contribution in [1.29, 1.82) is 0 Å². The largest absolute Gasteiger partial charge is 0.443 e. The smallest absolute Gasteiger partial charge is 0.408 e. The minimum atomic E-state index is -1.07. The second-order valence-electron chi connectivity index (χ2n) is 16.9. The van der Waals surface area contributed by atoms with Crippen molar-refractivity contribution in [2.45, 2.75) is 108 Å². The Bertz CT molecular complexity index is 1460. The van der Waals surface area contributed by atoms with Crippen molar-refractivity contribution in [3.63, 3.8) is 0 Å². The molecule has 47 heavy (non-hydrogen) atoms. The molecule has 8 aliphatic rings. The van der Waals surface area contributed by atoms with Gasteiger partial charge in [-0.15, -0.1) is 0 Å². The first-order valence-corrected chi connectivity index (χ1v) is 17.9. The Morgan fingerprint density at radius 2 is 1.53 bits per heavy atom. The first-order chi connectivity index (χ1) is 22.4. The van der Waals surface area contributed by atoms with E-state index in [1.54, 1.807) is 4.90 Å². The van der Waals surface area contributed by atoms with Crippen molar-refractivity contribution in [2.75, 3.05) is 6.54 Å². The highest BCUT2D eigenvalue weighted by Gasteiger charge is 2.70. The van der Waals surface area contributed by atoms with E-state index in [1.165, 1.54) is 30.4 Å². The van der Waals surface area contributed by atoms with Gasteiger partial charge in [0.15, 0.2) is 0 Å². The number of benzene rings is 1. The molecule has 1 aliphatic heterocycles. The summed E-state index contributed by atoms with van der Waals surface area (Å²) in [6.45, 7) is 4.60. The van der Waals surface area contributed by atoms with Crippen molar-refractivity contribution >= 4 is 29.6 Å². The van der Waals surface area contributed by atoms with E-state index in [9.17, 15) is 24.0 Å². The van der Waals surface area contributed by atoms with Crippen LogP contribution in [0.5, 0.6) is 0 Å². The lowest BCUT2D eigenvalue weighted by atomic mass is 9.54. The van der Waals surface area contributed by atoms with E-state index in [0.29, 0.717) is 43.6 Å². The number of Topliss-reactive ketones (excluding diaryl/α,β-unsaturated/α-hetero) is 1. The summed E-state index contributed by atoms with van der Waals surface area (Å²) in [7, 11) is 0. The fourth-order valence-electron chi connectivity index (χ4n) is 11.1. The zero-order chi connectivity index (χ0) is 32.8. The number of carbonyl (C=O) groups excluding carboxylic acids is 5. The second kappa shape index (κ2) is 11.1. The number of fused-ring (bicyclic) bond motifs is 2. The van der Waals surface area contributed by atoms with Gasteiger partial charge < -0.3 is 26.0 Å². The van der Waals surface area contributed by atoms with Gasteiger partial charge in [0.05, 0.1) is 6.04 Å². The molecule has 3 unspecified atom stereocenters. The molecule has 252 valence electrons. The predicted molar refractivity (Wildman–Crippen MR) is 171 cm³/mol. The number of nitrogens with two attached hydrogens (primary N) is 1. The highest BCUT2D eigenvalue weighted by atomic mass is 16.6. The molecule has 4 N–H and O–H groups in total. The van der Waals surface area contributed by atoms with Gasteiger partial charge in [0, 0.05) is 6.54 Å². The van der Waals surface area contributed by atoms with Crippen LogP contribution < -0.4 is 16.4 Å². The van der Waals surface area contributed by atoms with Crippen LogP contribution in [0.4, 0.5) is 4.79 Å². The van der Waals surface area contributed by atoms with Crippen LogP contribution in [0.2, 0.25) is 0 Å². The summed E-state index contributed by atoms with van der Waals surface area (Å²) in [6.07, 6.45) is 9.40. The Balaban J connectivity index is 1.04. The van der Waals surface area contributed by atoms with Gasteiger partial charge in [0.2, 0.25) is 17.6 Å².